The summed E-state index contributed by atoms with van der Waals surface area (Å²) in [5.74, 6) is 0.758. The quantitative estimate of drug-likeness (QED) is 0.341. The first-order chi connectivity index (χ1) is 10.4. The number of hydrogen-bond donors (Lipinski definition) is 3. The Kier molecular flexibility index (Phi) is 11.3. The number of nitrogens with one attached hydrogen (secondary N) is 3. The van der Waals surface area contributed by atoms with Gasteiger partial charge in [-0.3, -0.25) is 4.99 Å². The van der Waals surface area contributed by atoms with Gasteiger partial charge < -0.3 is 25.4 Å². The lowest BCUT2D eigenvalue weighted by Crippen LogP contribution is -2.39. The van der Waals surface area contributed by atoms with Gasteiger partial charge in [-0.1, -0.05) is 0 Å². The van der Waals surface area contributed by atoms with Crippen LogP contribution in [0.15, 0.2) is 4.99 Å². The molecule has 0 bridgehead atoms. The van der Waals surface area contributed by atoms with Crippen LogP contribution >= 0.6 is 0 Å². The summed E-state index contributed by atoms with van der Waals surface area (Å²) in [4.78, 5) is 15.6. The normalized spacial score (nSPS) is 12.0. The molecule has 1 amide bonds. The molecule has 130 valence electrons. The number of amides is 1. The predicted octanol–water partition coefficient (Wildman–Crippen LogP) is 1.49. The number of rotatable bonds is 9. The lowest BCUT2D eigenvalue weighted by Gasteiger charge is -2.19. The van der Waals surface area contributed by atoms with Crippen molar-refractivity contribution in [3.8, 4) is 0 Å². The molecule has 0 aliphatic heterocycles. The monoisotopic (exact) mass is 316 g/mol. The molecule has 0 aromatic carbocycles. The van der Waals surface area contributed by atoms with E-state index in [1.54, 1.807) is 7.05 Å². The number of carbonyl (C=O) groups is 1. The van der Waals surface area contributed by atoms with Gasteiger partial charge in [0.2, 0.25) is 0 Å². The van der Waals surface area contributed by atoms with E-state index in [-0.39, 0.29) is 6.09 Å². The average molecular weight is 316 g/mol. The third-order valence-electron chi connectivity index (χ3n) is 2.50. The largest absolute Gasteiger partial charge is 0.444 e. The van der Waals surface area contributed by atoms with E-state index in [9.17, 15) is 4.79 Å². The number of alkyl carbamates (subject to hydrolysis) is 1. The van der Waals surface area contributed by atoms with Crippen LogP contribution in [0.25, 0.3) is 0 Å². The van der Waals surface area contributed by atoms with Crippen LogP contribution in [0.1, 0.15) is 40.5 Å². The molecule has 0 radical (unpaired) electrons. The highest BCUT2D eigenvalue weighted by atomic mass is 16.6. The van der Waals surface area contributed by atoms with Gasteiger partial charge in [-0.05, 0) is 40.5 Å². The van der Waals surface area contributed by atoms with Crippen molar-refractivity contribution in [1.29, 1.82) is 0 Å². The number of guanidine groups is 1. The molecule has 0 saturated carbocycles. The first-order valence-corrected chi connectivity index (χ1v) is 7.88. The fourth-order valence-electron chi connectivity index (χ4n) is 1.55. The fourth-order valence-corrected chi connectivity index (χ4v) is 1.55. The maximum atomic E-state index is 11.4. The van der Waals surface area contributed by atoms with Gasteiger partial charge in [0.25, 0.3) is 0 Å². The van der Waals surface area contributed by atoms with Crippen molar-refractivity contribution in [1.82, 2.24) is 16.0 Å². The maximum absolute atomic E-state index is 11.4. The molecule has 0 rings (SSSR count). The van der Waals surface area contributed by atoms with Crippen LogP contribution in [0, 0.1) is 0 Å². The summed E-state index contributed by atoms with van der Waals surface area (Å²) in [6.07, 6.45) is 1.35. The SMILES string of the molecule is CCOCCCNC(=NC)NCCCNC(=O)OC(C)(C)C. The Morgan fingerprint density at radius 2 is 1.64 bits per heavy atom. The summed E-state index contributed by atoms with van der Waals surface area (Å²) in [5.41, 5.74) is -0.463. The van der Waals surface area contributed by atoms with E-state index < -0.39 is 5.60 Å². The first-order valence-electron chi connectivity index (χ1n) is 7.88. The van der Waals surface area contributed by atoms with Gasteiger partial charge in [0.05, 0.1) is 0 Å². The zero-order chi connectivity index (χ0) is 16.8. The summed E-state index contributed by atoms with van der Waals surface area (Å²) in [5, 5.41) is 9.11. The molecule has 0 unspecified atom stereocenters. The number of ether oxygens (including phenoxy) is 2. The van der Waals surface area contributed by atoms with Gasteiger partial charge in [-0.15, -0.1) is 0 Å². The zero-order valence-electron chi connectivity index (χ0n) is 14.6. The zero-order valence-corrected chi connectivity index (χ0v) is 14.6. The van der Waals surface area contributed by atoms with Crippen molar-refractivity contribution < 1.29 is 14.3 Å². The number of nitrogens with zero attached hydrogens (tertiary/aromatic N) is 1. The fraction of sp³-hybridized carbons (Fsp3) is 0.867. The highest BCUT2D eigenvalue weighted by Gasteiger charge is 2.15. The van der Waals surface area contributed by atoms with Crippen LogP contribution in [0.4, 0.5) is 4.79 Å². The molecule has 7 nitrogen and oxygen atoms in total. The summed E-state index contributed by atoms with van der Waals surface area (Å²) in [6.45, 7) is 11.1. The van der Waals surface area contributed by atoms with Crippen molar-refractivity contribution in [2.75, 3.05) is 39.9 Å². The standard InChI is InChI=1S/C15H32N4O3/c1-6-21-12-8-11-18-13(16-5)17-9-7-10-19-14(20)22-15(2,3)4/h6-12H2,1-5H3,(H,19,20)(H2,16,17,18). The molecular weight excluding hydrogens is 284 g/mol. The molecule has 0 spiro atoms. The topological polar surface area (TPSA) is 84.0 Å². The second-order valence-electron chi connectivity index (χ2n) is 5.76. The Balaban J connectivity index is 3.61. The van der Waals surface area contributed by atoms with Crippen LogP contribution in [-0.2, 0) is 9.47 Å². The third-order valence-corrected chi connectivity index (χ3v) is 2.50. The molecule has 22 heavy (non-hydrogen) atoms. The Hall–Kier alpha value is -1.50. The van der Waals surface area contributed by atoms with Gasteiger partial charge in [-0.25, -0.2) is 4.79 Å². The third kappa shape index (κ3) is 13.5. The lowest BCUT2D eigenvalue weighted by molar-refractivity contribution is 0.0527. The van der Waals surface area contributed by atoms with Gasteiger partial charge in [0.1, 0.15) is 5.60 Å². The van der Waals surface area contributed by atoms with Crippen molar-refractivity contribution in [3.05, 3.63) is 0 Å². The van der Waals surface area contributed by atoms with E-state index in [2.05, 4.69) is 20.9 Å². The number of hydrogen-bond acceptors (Lipinski definition) is 4. The highest BCUT2D eigenvalue weighted by molar-refractivity contribution is 5.79. The Morgan fingerprint density at radius 3 is 2.18 bits per heavy atom. The van der Waals surface area contributed by atoms with Crippen LogP contribution in [0.5, 0.6) is 0 Å². The molecular formula is C15H32N4O3. The summed E-state index contributed by atoms with van der Waals surface area (Å²) in [7, 11) is 1.73. The minimum absolute atomic E-state index is 0.383. The lowest BCUT2D eigenvalue weighted by atomic mass is 10.2. The van der Waals surface area contributed by atoms with Crippen molar-refractivity contribution in [3.63, 3.8) is 0 Å². The smallest absolute Gasteiger partial charge is 0.407 e. The molecule has 0 aromatic rings. The molecule has 0 heterocycles. The Bertz CT molecular complexity index is 327. The maximum Gasteiger partial charge on any atom is 0.407 e. The molecule has 7 heteroatoms. The Labute approximate surface area is 134 Å². The van der Waals surface area contributed by atoms with E-state index in [0.29, 0.717) is 6.54 Å². The number of carbonyl (C=O) groups excluding carboxylic acids is 1. The molecule has 3 N–H and O–H groups in total. The van der Waals surface area contributed by atoms with E-state index in [0.717, 1.165) is 45.1 Å². The van der Waals surface area contributed by atoms with E-state index >= 15 is 0 Å². The van der Waals surface area contributed by atoms with Crippen LogP contribution in [0.3, 0.4) is 0 Å². The summed E-state index contributed by atoms with van der Waals surface area (Å²) >= 11 is 0. The van der Waals surface area contributed by atoms with Crippen molar-refractivity contribution >= 4 is 12.1 Å². The first kappa shape index (κ1) is 20.5. The van der Waals surface area contributed by atoms with E-state index in [1.807, 2.05) is 27.7 Å². The predicted molar refractivity (Wildman–Crippen MR) is 89.3 cm³/mol. The van der Waals surface area contributed by atoms with Gasteiger partial charge in [-0.2, -0.15) is 0 Å². The molecule has 0 atom stereocenters. The van der Waals surface area contributed by atoms with Crippen LogP contribution in [0.2, 0.25) is 0 Å². The minimum atomic E-state index is -0.463. The van der Waals surface area contributed by atoms with Gasteiger partial charge >= 0.3 is 6.09 Å². The molecule has 0 saturated heterocycles. The number of aliphatic imine (C=N–C) groups is 1. The summed E-state index contributed by atoms with van der Waals surface area (Å²) in [6, 6.07) is 0. The molecule has 0 fully saturated rings. The van der Waals surface area contributed by atoms with Crippen LogP contribution < -0.4 is 16.0 Å². The second-order valence-corrected chi connectivity index (χ2v) is 5.76. The minimum Gasteiger partial charge on any atom is -0.444 e. The van der Waals surface area contributed by atoms with Gasteiger partial charge in [0.15, 0.2) is 5.96 Å². The van der Waals surface area contributed by atoms with Crippen molar-refractivity contribution in [2.45, 2.75) is 46.1 Å². The van der Waals surface area contributed by atoms with E-state index in [4.69, 9.17) is 9.47 Å². The second kappa shape index (κ2) is 12.1. The van der Waals surface area contributed by atoms with Crippen molar-refractivity contribution in [2.24, 2.45) is 4.99 Å². The molecule has 0 aliphatic carbocycles. The molecule has 0 aliphatic rings. The molecule has 0 aromatic heterocycles. The van der Waals surface area contributed by atoms with Gasteiger partial charge in [0, 0.05) is 39.9 Å². The summed E-state index contributed by atoms with van der Waals surface area (Å²) < 4.78 is 10.4. The highest BCUT2D eigenvalue weighted by Crippen LogP contribution is 2.06. The van der Waals surface area contributed by atoms with Crippen LogP contribution in [-0.4, -0.2) is 57.5 Å². The Morgan fingerprint density at radius 1 is 1.05 bits per heavy atom. The average Bonchev–Trinajstić information content (AvgIpc) is 2.42. The van der Waals surface area contributed by atoms with E-state index in [1.165, 1.54) is 0 Å².